The van der Waals surface area contributed by atoms with Crippen LogP contribution >= 0.6 is 23.2 Å². The quantitative estimate of drug-likeness (QED) is 0.615. The van der Waals surface area contributed by atoms with Crippen LogP contribution in [0.15, 0.2) is 42.1 Å². The first-order chi connectivity index (χ1) is 13.9. The number of hydrogen-bond donors (Lipinski definition) is 0. The third kappa shape index (κ3) is 3.45. The zero-order valence-electron chi connectivity index (χ0n) is 16.5. The van der Waals surface area contributed by atoms with Crippen LogP contribution < -0.4 is 4.90 Å². The van der Waals surface area contributed by atoms with Gasteiger partial charge in [-0.3, -0.25) is 9.59 Å². The second-order valence-electron chi connectivity index (χ2n) is 7.56. The zero-order valence-corrected chi connectivity index (χ0v) is 18.0. The smallest absolute Gasteiger partial charge is 0.282 e. The fraction of sp³-hybridized carbons (Fsp3) is 0.304. The van der Waals surface area contributed by atoms with Gasteiger partial charge in [-0.05, 0) is 62.4 Å². The highest BCUT2D eigenvalue weighted by Crippen LogP contribution is 2.40. The molecule has 1 fully saturated rings. The molecule has 2 aliphatic rings. The van der Waals surface area contributed by atoms with Gasteiger partial charge in [0.25, 0.3) is 11.8 Å². The molecule has 0 unspecified atom stereocenters. The average Bonchev–Trinajstić information content (AvgIpc) is 2.95. The number of carbonyl (C=O) groups is 2. The number of nitrogens with zero attached hydrogens (tertiary/aromatic N) is 2. The summed E-state index contributed by atoms with van der Waals surface area (Å²) >= 11 is 12.5. The van der Waals surface area contributed by atoms with Crippen molar-refractivity contribution in [2.24, 2.45) is 0 Å². The first-order valence-electron chi connectivity index (χ1n) is 9.80. The van der Waals surface area contributed by atoms with Crippen LogP contribution in [-0.4, -0.2) is 29.8 Å². The summed E-state index contributed by atoms with van der Waals surface area (Å²) < 4.78 is 0. The molecular formula is C23H22Cl2N2O2. The molecule has 2 amide bonds. The van der Waals surface area contributed by atoms with E-state index in [1.54, 1.807) is 18.2 Å². The maximum absolute atomic E-state index is 13.6. The van der Waals surface area contributed by atoms with Crippen LogP contribution in [0.3, 0.4) is 0 Å². The number of carbonyl (C=O) groups excluding carboxylic acids is 2. The van der Waals surface area contributed by atoms with Gasteiger partial charge in [0.05, 0.1) is 16.3 Å². The summed E-state index contributed by atoms with van der Waals surface area (Å²) in [5, 5.41) is 0.855. The Morgan fingerprint density at radius 2 is 1.62 bits per heavy atom. The monoisotopic (exact) mass is 428 g/mol. The molecule has 6 heteroatoms. The molecule has 1 saturated heterocycles. The van der Waals surface area contributed by atoms with E-state index in [9.17, 15) is 9.59 Å². The number of likely N-dealkylation sites (tertiary alicyclic amines) is 1. The molecule has 2 aliphatic heterocycles. The van der Waals surface area contributed by atoms with Gasteiger partial charge in [0.2, 0.25) is 0 Å². The van der Waals surface area contributed by atoms with Crippen LogP contribution in [0.1, 0.15) is 36.0 Å². The molecule has 4 nitrogen and oxygen atoms in total. The van der Waals surface area contributed by atoms with Crippen molar-refractivity contribution in [1.82, 2.24) is 4.90 Å². The Kier molecular flexibility index (Phi) is 5.41. The molecule has 0 saturated carbocycles. The third-order valence-electron chi connectivity index (χ3n) is 5.75. The number of rotatable bonds is 3. The van der Waals surface area contributed by atoms with Crippen molar-refractivity contribution < 1.29 is 9.59 Å². The molecule has 0 N–H and O–H groups in total. The van der Waals surface area contributed by atoms with Crippen LogP contribution in [0, 0.1) is 13.8 Å². The molecule has 2 aromatic rings. The van der Waals surface area contributed by atoms with Gasteiger partial charge in [0.1, 0.15) is 5.70 Å². The van der Waals surface area contributed by atoms with Crippen LogP contribution in [-0.2, 0) is 9.59 Å². The van der Waals surface area contributed by atoms with Crippen molar-refractivity contribution in [3.05, 3.63) is 68.8 Å². The van der Waals surface area contributed by atoms with E-state index in [1.165, 1.54) is 4.90 Å². The number of hydrogen-bond acceptors (Lipinski definition) is 3. The first-order valence-corrected chi connectivity index (χ1v) is 10.6. The van der Waals surface area contributed by atoms with E-state index in [2.05, 4.69) is 0 Å². The van der Waals surface area contributed by atoms with Gasteiger partial charge in [-0.2, -0.15) is 0 Å². The minimum absolute atomic E-state index is 0.286. The number of piperidine rings is 1. The minimum atomic E-state index is -0.339. The Balaban J connectivity index is 1.89. The second-order valence-corrected chi connectivity index (χ2v) is 8.40. The molecule has 0 radical (unpaired) electrons. The highest BCUT2D eigenvalue weighted by molar-refractivity contribution is 6.47. The third-order valence-corrected chi connectivity index (χ3v) is 6.30. The summed E-state index contributed by atoms with van der Waals surface area (Å²) in [6.07, 6.45) is 3.12. The lowest BCUT2D eigenvalue weighted by Gasteiger charge is -2.30. The van der Waals surface area contributed by atoms with Crippen LogP contribution in [0.2, 0.25) is 10.0 Å². The molecule has 2 aromatic carbocycles. The van der Waals surface area contributed by atoms with Crippen molar-refractivity contribution in [2.75, 3.05) is 18.0 Å². The van der Waals surface area contributed by atoms with E-state index >= 15 is 0 Å². The van der Waals surface area contributed by atoms with Gasteiger partial charge in [0.15, 0.2) is 0 Å². The maximum Gasteiger partial charge on any atom is 0.282 e. The molecule has 0 spiro atoms. The first kappa shape index (κ1) is 20.0. The number of aryl methyl sites for hydroxylation is 1. The summed E-state index contributed by atoms with van der Waals surface area (Å²) in [6.45, 7) is 5.41. The standard InChI is InChI=1S/C23H22Cl2N2O2/c1-14-7-6-8-19(15(14)2)27-22(28)20(17-10-9-16(24)13-18(17)25)21(23(27)29)26-11-4-3-5-12-26/h6-10,13H,3-5,11-12H2,1-2H3. The predicted octanol–water partition coefficient (Wildman–Crippen LogP) is 5.38. The Labute approximate surface area is 180 Å². The van der Waals surface area contributed by atoms with Crippen LogP contribution in [0.4, 0.5) is 5.69 Å². The summed E-state index contributed by atoms with van der Waals surface area (Å²) in [5.41, 5.74) is 3.91. The lowest BCUT2D eigenvalue weighted by molar-refractivity contribution is -0.120. The van der Waals surface area contributed by atoms with E-state index in [0.717, 1.165) is 43.5 Å². The van der Waals surface area contributed by atoms with Gasteiger partial charge < -0.3 is 4.90 Å². The lowest BCUT2D eigenvalue weighted by atomic mass is 10.0. The van der Waals surface area contributed by atoms with Crippen molar-refractivity contribution in [1.29, 1.82) is 0 Å². The predicted molar refractivity (Wildman–Crippen MR) is 117 cm³/mol. The summed E-state index contributed by atoms with van der Waals surface area (Å²) in [5.74, 6) is -0.625. The largest absolute Gasteiger partial charge is 0.366 e. The Hall–Kier alpha value is -2.30. The Morgan fingerprint density at radius 1 is 0.897 bits per heavy atom. The van der Waals surface area contributed by atoms with Gasteiger partial charge in [-0.1, -0.05) is 41.4 Å². The van der Waals surface area contributed by atoms with Gasteiger partial charge in [0, 0.05) is 23.7 Å². The summed E-state index contributed by atoms with van der Waals surface area (Å²) in [6, 6.07) is 10.7. The minimum Gasteiger partial charge on any atom is -0.366 e. The van der Waals surface area contributed by atoms with E-state index in [4.69, 9.17) is 23.2 Å². The fourth-order valence-electron chi connectivity index (χ4n) is 4.06. The average molecular weight is 429 g/mol. The molecule has 4 rings (SSSR count). The molecule has 0 aromatic heterocycles. The topological polar surface area (TPSA) is 40.6 Å². The Morgan fingerprint density at radius 3 is 2.31 bits per heavy atom. The van der Waals surface area contributed by atoms with Crippen molar-refractivity contribution in [3.63, 3.8) is 0 Å². The molecular weight excluding hydrogens is 407 g/mol. The molecule has 0 bridgehead atoms. The molecule has 29 heavy (non-hydrogen) atoms. The van der Waals surface area contributed by atoms with E-state index in [-0.39, 0.29) is 11.8 Å². The summed E-state index contributed by atoms with van der Waals surface area (Å²) in [4.78, 5) is 30.5. The van der Waals surface area contributed by atoms with E-state index < -0.39 is 0 Å². The van der Waals surface area contributed by atoms with E-state index in [1.807, 2.05) is 36.9 Å². The number of halogens is 2. The van der Waals surface area contributed by atoms with Gasteiger partial charge in [-0.25, -0.2) is 4.90 Å². The van der Waals surface area contributed by atoms with Crippen LogP contribution in [0.25, 0.3) is 5.57 Å². The van der Waals surface area contributed by atoms with Crippen LogP contribution in [0.5, 0.6) is 0 Å². The summed E-state index contributed by atoms with van der Waals surface area (Å²) in [7, 11) is 0. The van der Waals surface area contributed by atoms with E-state index in [0.29, 0.717) is 32.6 Å². The molecule has 150 valence electrons. The zero-order chi connectivity index (χ0) is 20.7. The maximum atomic E-state index is 13.6. The SMILES string of the molecule is Cc1cccc(N2C(=O)C(c3ccc(Cl)cc3Cl)=C(N3CCCCC3)C2=O)c1C. The molecule has 2 heterocycles. The normalized spacial score (nSPS) is 17.5. The highest BCUT2D eigenvalue weighted by Gasteiger charge is 2.43. The van der Waals surface area contributed by atoms with Crippen molar-refractivity contribution in [3.8, 4) is 0 Å². The number of amides is 2. The highest BCUT2D eigenvalue weighted by atomic mass is 35.5. The van der Waals surface area contributed by atoms with Crippen molar-refractivity contribution in [2.45, 2.75) is 33.1 Å². The lowest BCUT2D eigenvalue weighted by Crippen LogP contribution is -2.37. The Bertz CT molecular complexity index is 1040. The van der Waals surface area contributed by atoms with Crippen molar-refractivity contribution >= 4 is 46.3 Å². The second kappa shape index (κ2) is 7.85. The fourth-order valence-corrected chi connectivity index (χ4v) is 4.56. The van der Waals surface area contributed by atoms with Gasteiger partial charge >= 0.3 is 0 Å². The number of benzene rings is 2. The van der Waals surface area contributed by atoms with Gasteiger partial charge in [-0.15, -0.1) is 0 Å². The molecule has 0 atom stereocenters. The number of imide groups is 1. The number of anilines is 1. The molecule has 0 aliphatic carbocycles.